The van der Waals surface area contributed by atoms with Gasteiger partial charge in [-0.1, -0.05) is 6.07 Å². The van der Waals surface area contributed by atoms with E-state index in [-0.39, 0.29) is 5.91 Å². The molecule has 0 saturated carbocycles. The van der Waals surface area contributed by atoms with E-state index in [0.717, 1.165) is 15.3 Å². The number of hydrogen-bond donors (Lipinski definition) is 1. The van der Waals surface area contributed by atoms with E-state index in [0.29, 0.717) is 28.9 Å². The summed E-state index contributed by atoms with van der Waals surface area (Å²) in [4.78, 5) is 33.2. The zero-order valence-electron chi connectivity index (χ0n) is 14.5. The molecule has 8 heteroatoms. The van der Waals surface area contributed by atoms with Crippen LogP contribution in [0.5, 0.6) is 0 Å². The van der Waals surface area contributed by atoms with Crippen molar-refractivity contribution in [3.63, 3.8) is 0 Å². The fourth-order valence-electron chi connectivity index (χ4n) is 2.42. The predicted molar refractivity (Wildman–Crippen MR) is 104 cm³/mol. The summed E-state index contributed by atoms with van der Waals surface area (Å²) in [5.41, 5.74) is 2.94. The van der Waals surface area contributed by atoms with Crippen molar-refractivity contribution in [1.82, 2.24) is 9.97 Å². The van der Waals surface area contributed by atoms with Crippen LogP contribution < -0.4 is 5.32 Å². The number of anilines is 1. The van der Waals surface area contributed by atoms with Crippen LogP contribution in [0.25, 0.3) is 10.2 Å². The van der Waals surface area contributed by atoms with Crippen molar-refractivity contribution in [1.29, 1.82) is 0 Å². The maximum Gasteiger partial charge on any atom is 0.338 e. The van der Waals surface area contributed by atoms with Crippen molar-refractivity contribution in [2.45, 2.75) is 18.9 Å². The number of amides is 1. The van der Waals surface area contributed by atoms with Gasteiger partial charge in [0.25, 0.3) is 5.91 Å². The average Bonchev–Trinajstić information content (AvgIpc) is 3.08. The third kappa shape index (κ3) is 3.56. The molecular formula is C18H17N3O3S2. The number of nitrogens with one attached hydrogen (secondary N) is 1. The summed E-state index contributed by atoms with van der Waals surface area (Å²) in [5.74, 6) is -0.688. The van der Waals surface area contributed by atoms with Crippen LogP contribution in [-0.4, -0.2) is 34.7 Å². The zero-order valence-corrected chi connectivity index (χ0v) is 16.2. The Labute approximate surface area is 159 Å². The average molecular weight is 387 g/mol. The van der Waals surface area contributed by atoms with Crippen LogP contribution in [0, 0.1) is 6.92 Å². The second-order valence-electron chi connectivity index (χ2n) is 5.41. The van der Waals surface area contributed by atoms with E-state index in [4.69, 9.17) is 4.74 Å². The number of benzene rings is 1. The first kappa shape index (κ1) is 18.3. The van der Waals surface area contributed by atoms with Crippen molar-refractivity contribution in [2.24, 2.45) is 0 Å². The van der Waals surface area contributed by atoms with Gasteiger partial charge in [-0.2, -0.15) is 0 Å². The fourth-order valence-corrected chi connectivity index (χ4v) is 4.13. The molecule has 0 saturated heterocycles. The highest BCUT2D eigenvalue weighted by Gasteiger charge is 2.18. The molecule has 0 aliphatic heterocycles. The second-order valence-corrected chi connectivity index (χ2v) is 7.09. The molecule has 2 aromatic heterocycles. The predicted octanol–water partition coefficient (Wildman–Crippen LogP) is 4.15. The lowest BCUT2D eigenvalue weighted by atomic mass is 10.1. The van der Waals surface area contributed by atoms with Gasteiger partial charge in [0.2, 0.25) is 0 Å². The highest BCUT2D eigenvalue weighted by molar-refractivity contribution is 7.98. The molecule has 1 N–H and O–H groups in total. The minimum Gasteiger partial charge on any atom is -0.462 e. The van der Waals surface area contributed by atoms with Crippen LogP contribution in [0.2, 0.25) is 0 Å². The van der Waals surface area contributed by atoms with E-state index < -0.39 is 5.97 Å². The van der Waals surface area contributed by atoms with Gasteiger partial charge in [0.1, 0.15) is 11.4 Å². The van der Waals surface area contributed by atoms with E-state index in [2.05, 4.69) is 15.3 Å². The molecule has 1 amide bonds. The van der Waals surface area contributed by atoms with Gasteiger partial charge < -0.3 is 10.1 Å². The van der Waals surface area contributed by atoms with Gasteiger partial charge in [0.05, 0.1) is 28.0 Å². The molecule has 2 heterocycles. The summed E-state index contributed by atoms with van der Waals surface area (Å²) in [6.07, 6.45) is 3.40. The molecule has 0 unspecified atom stereocenters. The summed E-state index contributed by atoms with van der Waals surface area (Å²) in [5, 5.41) is 5.50. The van der Waals surface area contributed by atoms with Crippen LogP contribution >= 0.6 is 23.1 Å². The van der Waals surface area contributed by atoms with E-state index >= 15 is 0 Å². The highest BCUT2D eigenvalue weighted by Crippen LogP contribution is 2.31. The number of carbonyl (C=O) groups is 2. The summed E-state index contributed by atoms with van der Waals surface area (Å²) in [6.45, 7) is 3.91. The van der Waals surface area contributed by atoms with Gasteiger partial charge in [0, 0.05) is 11.1 Å². The maximum atomic E-state index is 12.8. The molecule has 0 aliphatic carbocycles. The smallest absolute Gasteiger partial charge is 0.338 e. The molecule has 0 spiro atoms. The quantitative estimate of drug-likeness (QED) is 0.402. The Kier molecular flexibility index (Phi) is 5.53. The first-order valence-electron chi connectivity index (χ1n) is 7.90. The lowest BCUT2D eigenvalue weighted by molar-refractivity contribution is 0.0526. The molecule has 0 radical (unpaired) electrons. The van der Waals surface area contributed by atoms with Gasteiger partial charge in [-0.25, -0.2) is 14.8 Å². The molecule has 134 valence electrons. The van der Waals surface area contributed by atoms with Crippen LogP contribution in [0.3, 0.4) is 0 Å². The lowest BCUT2D eigenvalue weighted by Crippen LogP contribution is -2.14. The normalized spacial score (nSPS) is 10.7. The molecule has 0 fully saturated rings. The van der Waals surface area contributed by atoms with Crippen LogP contribution in [-0.2, 0) is 4.74 Å². The lowest BCUT2D eigenvalue weighted by Gasteiger charge is -2.10. The minimum atomic E-state index is -0.415. The second kappa shape index (κ2) is 7.84. The van der Waals surface area contributed by atoms with E-state index in [1.54, 1.807) is 30.5 Å². The van der Waals surface area contributed by atoms with Crippen molar-refractivity contribution in [3.05, 3.63) is 46.6 Å². The molecule has 1 aromatic carbocycles. The van der Waals surface area contributed by atoms with Crippen molar-refractivity contribution in [2.75, 3.05) is 18.2 Å². The first-order chi connectivity index (χ1) is 12.5. The zero-order chi connectivity index (χ0) is 18.7. The number of ether oxygens (including phenoxy) is 1. The number of nitrogens with zero attached hydrogens (tertiary/aromatic N) is 2. The molecule has 26 heavy (non-hydrogen) atoms. The minimum absolute atomic E-state index is 0.272. The first-order valence-corrected chi connectivity index (χ1v) is 10.0. The number of rotatable bonds is 5. The van der Waals surface area contributed by atoms with Gasteiger partial charge in [-0.3, -0.25) is 4.79 Å². The summed E-state index contributed by atoms with van der Waals surface area (Å²) >= 11 is 2.96. The third-order valence-corrected chi connectivity index (χ3v) is 5.56. The number of carbonyl (C=O) groups excluding carboxylic acids is 2. The molecule has 3 aromatic rings. The molecule has 0 aliphatic rings. The molecule has 0 bridgehead atoms. The Hall–Kier alpha value is -2.45. The molecule has 6 nitrogen and oxygen atoms in total. The fraction of sp³-hybridized carbons (Fsp3) is 0.222. The number of aryl methyl sites for hydroxylation is 1. The number of aromatic nitrogens is 2. The SMILES string of the molecule is CCOC(=O)c1ccc(C)c(NC(=O)c2csc3c(SC)ncnc23)c1. The van der Waals surface area contributed by atoms with Gasteiger partial charge in [0.15, 0.2) is 0 Å². The molecular weight excluding hydrogens is 370 g/mol. The molecule has 0 atom stereocenters. The maximum absolute atomic E-state index is 12.8. The van der Waals surface area contributed by atoms with Crippen LogP contribution in [0.4, 0.5) is 5.69 Å². The van der Waals surface area contributed by atoms with Gasteiger partial charge in [-0.15, -0.1) is 23.1 Å². The molecule has 3 rings (SSSR count). The van der Waals surface area contributed by atoms with E-state index in [1.807, 2.05) is 13.2 Å². The van der Waals surface area contributed by atoms with Crippen LogP contribution in [0.15, 0.2) is 34.9 Å². The van der Waals surface area contributed by atoms with Crippen molar-refractivity contribution >= 4 is 50.9 Å². The standard InChI is InChI=1S/C18H17N3O3S2/c1-4-24-18(23)11-6-5-10(2)13(7-11)21-16(22)12-8-26-15-14(12)19-9-20-17(15)25-3/h5-9H,4H2,1-3H3,(H,21,22). The van der Waals surface area contributed by atoms with Crippen molar-refractivity contribution in [3.8, 4) is 0 Å². The number of thiophene rings is 1. The third-order valence-electron chi connectivity index (χ3n) is 3.76. The van der Waals surface area contributed by atoms with Gasteiger partial charge >= 0.3 is 5.97 Å². The topological polar surface area (TPSA) is 81.2 Å². The Morgan fingerprint density at radius 3 is 2.85 bits per heavy atom. The number of esters is 1. The Balaban J connectivity index is 1.91. The van der Waals surface area contributed by atoms with Crippen LogP contribution in [0.1, 0.15) is 33.2 Å². The van der Waals surface area contributed by atoms with E-state index in [9.17, 15) is 9.59 Å². The largest absolute Gasteiger partial charge is 0.462 e. The summed E-state index contributed by atoms with van der Waals surface area (Å²) in [6, 6.07) is 5.09. The number of fused-ring (bicyclic) bond motifs is 1. The number of hydrogen-bond acceptors (Lipinski definition) is 7. The van der Waals surface area contributed by atoms with Gasteiger partial charge in [-0.05, 0) is 37.8 Å². The summed E-state index contributed by atoms with van der Waals surface area (Å²) < 4.78 is 5.90. The van der Waals surface area contributed by atoms with Crippen molar-refractivity contribution < 1.29 is 14.3 Å². The number of thioether (sulfide) groups is 1. The Bertz CT molecular complexity index is 985. The highest BCUT2D eigenvalue weighted by atomic mass is 32.2. The Morgan fingerprint density at radius 1 is 1.31 bits per heavy atom. The monoisotopic (exact) mass is 387 g/mol. The summed E-state index contributed by atoms with van der Waals surface area (Å²) in [7, 11) is 0. The van der Waals surface area contributed by atoms with E-state index in [1.165, 1.54) is 29.4 Å². The Morgan fingerprint density at radius 2 is 2.12 bits per heavy atom.